The molecule has 0 fully saturated rings. The Labute approximate surface area is 129 Å². The highest BCUT2D eigenvalue weighted by atomic mass is 15.1. The van der Waals surface area contributed by atoms with E-state index in [-0.39, 0.29) is 0 Å². The van der Waals surface area contributed by atoms with Crippen molar-refractivity contribution in [2.45, 2.75) is 41.5 Å². The fraction of sp³-hybridized carbons (Fsp3) is 0.333. The molecule has 4 aromatic rings. The van der Waals surface area contributed by atoms with E-state index in [0.29, 0.717) is 0 Å². The highest BCUT2D eigenvalue weighted by molar-refractivity contribution is 5.92. The van der Waals surface area contributed by atoms with Crippen LogP contribution in [-0.4, -0.2) is 18.8 Å². The number of nitrogens with zero attached hydrogens (tertiary/aromatic N) is 4. The first kappa shape index (κ1) is 13.3. The Morgan fingerprint density at radius 1 is 0.591 bits per heavy atom. The molecule has 0 bridgehead atoms. The number of aromatic nitrogens is 4. The summed E-state index contributed by atoms with van der Waals surface area (Å²) in [5.74, 6) is 0. The minimum Gasteiger partial charge on any atom is -0.292 e. The molecule has 4 rings (SSSR count). The van der Waals surface area contributed by atoms with Crippen LogP contribution < -0.4 is 0 Å². The van der Waals surface area contributed by atoms with Gasteiger partial charge in [-0.2, -0.15) is 0 Å². The van der Waals surface area contributed by atoms with Crippen molar-refractivity contribution in [3.05, 3.63) is 46.0 Å². The molecular formula is C18H20N4. The second kappa shape index (κ2) is 4.09. The number of benzene rings is 1. The van der Waals surface area contributed by atoms with Crippen molar-refractivity contribution in [1.29, 1.82) is 0 Å². The summed E-state index contributed by atoms with van der Waals surface area (Å²) in [4.78, 5) is 9.22. The minimum absolute atomic E-state index is 0.934. The van der Waals surface area contributed by atoms with Crippen molar-refractivity contribution in [2.24, 2.45) is 0 Å². The van der Waals surface area contributed by atoms with Crippen molar-refractivity contribution in [1.82, 2.24) is 18.8 Å². The Kier molecular flexibility index (Phi) is 2.48. The normalized spacial score (nSPS) is 12.1. The molecule has 0 saturated carbocycles. The molecule has 3 aromatic heterocycles. The lowest BCUT2D eigenvalue weighted by Gasteiger charge is -2.18. The molecule has 0 aliphatic heterocycles. The summed E-state index contributed by atoms with van der Waals surface area (Å²) in [6.07, 6.45) is 3.87. The van der Waals surface area contributed by atoms with Gasteiger partial charge < -0.3 is 0 Å². The van der Waals surface area contributed by atoms with Crippen LogP contribution in [0.5, 0.6) is 0 Å². The molecular weight excluding hydrogens is 272 g/mol. The maximum absolute atomic E-state index is 4.61. The van der Waals surface area contributed by atoms with Crippen molar-refractivity contribution >= 4 is 22.3 Å². The zero-order chi connectivity index (χ0) is 15.8. The number of imidazole rings is 2. The van der Waals surface area contributed by atoms with Gasteiger partial charge in [0.1, 0.15) is 0 Å². The van der Waals surface area contributed by atoms with Crippen LogP contribution >= 0.6 is 0 Å². The van der Waals surface area contributed by atoms with E-state index >= 15 is 0 Å². The Morgan fingerprint density at radius 2 is 0.955 bits per heavy atom. The Morgan fingerprint density at radius 3 is 1.32 bits per heavy atom. The molecule has 22 heavy (non-hydrogen) atoms. The molecule has 112 valence electrons. The first-order valence-electron chi connectivity index (χ1n) is 7.63. The van der Waals surface area contributed by atoms with Gasteiger partial charge >= 0.3 is 0 Å². The van der Waals surface area contributed by atoms with E-state index in [1.165, 1.54) is 33.3 Å². The van der Waals surface area contributed by atoms with Gasteiger partial charge in [-0.05, 0) is 63.8 Å². The molecule has 0 radical (unpaired) electrons. The molecule has 0 spiro atoms. The van der Waals surface area contributed by atoms with E-state index in [9.17, 15) is 0 Å². The summed E-state index contributed by atoms with van der Waals surface area (Å²) in [5, 5.41) is 0. The SMILES string of the molecule is Cc1c(C)c(C)c2c(c1C)n1c(C)cnc1c1ncc(C)n12. The van der Waals surface area contributed by atoms with Gasteiger partial charge in [-0.25, -0.2) is 9.97 Å². The lowest BCUT2D eigenvalue weighted by Crippen LogP contribution is -2.06. The van der Waals surface area contributed by atoms with Gasteiger partial charge in [-0.1, -0.05) is 0 Å². The number of rotatable bonds is 0. The topological polar surface area (TPSA) is 34.6 Å². The van der Waals surface area contributed by atoms with Crippen LogP contribution in [0.4, 0.5) is 0 Å². The van der Waals surface area contributed by atoms with Crippen LogP contribution in [0.25, 0.3) is 22.3 Å². The molecule has 1 aromatic carbocycles. The number of aryl methyl sites for hydroxylation is 4. The van der Waals surface area contributed by atoms with Crippen molar-refractivity contribution in [3.8, 4) is 0 Å². The van der Waals surface area contributed by atoms with Gasteiger partial charge in [0.25, 0.3) is 0 Å². The summed E-state index contributed by atoms with van der Waals surface area (Å²) in [6, 6.07) is 0. The third-order valence-corrected chi connectivity index (χ3v) is 5.15. The van der Waals surface area contributed by atoms with Gasteiger partial charge in [0, 0.05) is 23.8 Å². The molecule has 0 N–H and O–H groups in total. The first-order valence-corrected chi connectivity index (χ1v) is 7.63. The summed E-state index contributed by atoms with van der Waals surface area (Å²) in [7, 11) is 0. The lowest BCUT2D eigenvalue weighted by molar-refractivity contribution is 1.07. The highest BCUT2D eigenvalue weighted by Crippen LogP contribution is 2.32. The zero-order valence-electron chi connectivity index (χ0n) is 13.9. The third kappa shape index (κ3) is 1.37. The first-order chi connectivity index (χ1) is 10.4. The molecule has 0 aliphatic carbocycles. The molecule has 4 heteroatoms. The van der Waals surface area contributed by atoms with E-state index in [2.05, 4.69) is 60.3 Å². The minimum atomic E-state index is 0.934. The second-order valence-corrected chi connectivity index (χ2v) is 6.31. The van der Waals surface area contributed by atoms with Gasteiger partial charge in [0.05, 0.1) is 11.0 Å². The third-order valence-electron chi connectivity index (χ3n) is 5.15. The quantitative estimate of drug-likeness (QED) is 0.491. The van der Waals surface area contributed by atoms with Crippen LogP contribution in [-0.2, 0) is 0 Å². The molecule has 0 aliphatic rings. The number of fused-ring (bicyclic) bond motifs is 6. The van der Waals surface area contributed by atoms with E-state index in [1.807, 2.05) is 12.4 Å². The van der Waals surface area contributed by atoms with E-state index in [0.717, 1.165) is 22.7 Å². The lowest BCUT2D eigenvalue weighted by atomic mass is 9.96. The van der Waals surface area contributed by atoms with Gasteiger partial charge in [-0.15, -0.1) is 0 Å². The Hall–Kier alpha value is -2.36. The van der Waals surface area contributed by atoms with Crippen LogP contribution in [0, 0.1) is 41.5 Å². The van der Waals surface area contributed by atoms with Crippen molar-refractivity contribution in [3.63, 3.8) is 0 Å². The molecule has 0 unspecified atom stereocenters. The van der Waals surface area contributed by atoms with E-state index in [4.69, 9.17) is 0 Å². The van der Waals surface area contributed by atoms with Gasteiger partial charge in [0.2, 0.25) is 0 Å². The summed E-state index contributed by atoms with van der Waals surface area (Å²) in [5.41, 5.74) is 12.0. The highest BCUT2D eigenvalue weighted by Gasteiger charge is 2.19. The van der Waals surface area contributed by atoms with Gasteiger partial charge in [0.15, 0.2) is 11.3 Å². The summed E-state index contributed by atoms with van der Waals surface area (Å²) < 4.78 is 4.51. The van der Waals surface area contributed by atoms with Crippen LogP contribution in [0.15, 0.2) is 12.4 Å². The molecule has 4 nitrogen and oxygen atoms in total. The van der Waals surface area contributed by atoms with E-state index < -0.39 is 0 Å². The molecule has 0 amide bonds. The fourth-order valence-corrected chi connectivity index (χ4v) is 3.57. The second-order valence-electron chi connectivity index (χ2n) is 6.31. The predicted molar refractivity (Wildman–Crippen MR) is 89.9 cm³/mol. The van der Waals surface area contributed by atoms with Crippen LogP contribution in [0.2, 0.25) is 0 Å². The largest absolute Gasteiger partial charge is 0.292 e. The zero-order valence-corrected chi connectivity index (χ0v) is 13.9. The Balaban J connectivity index is 2.53. The number of hydrogen-bond donors (Lipinski definition) is 0. The smallest absolute Gasteiger partial charge is 0.181 e. The maximum atomic E-state index is 4.61. The molecule has 3 heterocycles. The monoisotopic (exact) mass is 292 g/mol. The predicted octanol–water partition coefficient (Wildman–Crippen LogP) is 3.99. The van der Waals surface area contributed by atoms with Crippen molar-refractivity contribution in [2.75, 3.05) is 0 Å². The standard InChI is InChI=1S/C18H20N4/c1-9-7-19-17-18-20-8-10(2)22(18)16-14(6)12(4)11(3)13(5)15(16)21(9)17/h7-8H,1-6H3. The molecule has 0 saturated heterocycles. The summed E-state index contributed by atoms with van der Waals surface area (Å²) >= 11 is 0. The Bertz CT molecular complexity index is 993. The average Bonchev–Trinajstić information content (AvgIpc) is 3.06. The average molecular weight is 292 g/mol. The van der Waals surface area contributed by atoms with Crippen molar-refractivity contribution < 1.29 is 0 Å². The van der Waals surface area contributed by atoms with Crippen LogP contribution in [0.3, 0.4) is 0 Å². The summed E-state index contributed by atoms with van der Waals surface area (Å²) in [6.45, 7) is 13.0. The number of hydrogen-bond acceptors (Lipinski definition) is 2. The van der Waals surface area contributed by atoms with Crippen LogP contribution in [0.1, 0.15) is 33.6 Å². The van der Waals surface area contributed by atoms with E-state index in [1.54, 1.807) is 0 Å². The molecule has 0 atom stereocenters. The maximum Gasteiger partial charge on any atom is 0.181 e. The fourth-order valence-electron chi connectivity index (χ4n) is 3.57. The van der Waals surface area contributed by atoms with Gasteiger partial charge in [-0.3, -0.25) is 8.80 Å².